The highest BCUT2D eigenvalue weighted by atomic mass is 16.5. The molecule has 4 aromatic rings. The van der Waals surface area contributed by atoms with Crippen LogP contribution >= 0.6 is 0 Å². The van der Waals surface area contributed by atoms with E-state index in [1.807, 2.05) is 66.4 Å². The number of hydrogen-bond donors (Lipinski definition) is 2. The first-order chi connectivity index (χ1) is 20.5. The van der Waals surface area contributed by atoms with E-state index < -0.39 is 5.60 Å². The molecule has 0 spiro atoms. The molecule has 1 aliphatic heterocycles. The second-order valence-corrected chi connectivity index (χ2v) is 11.4. The number of methoxy groups -OCH3 is 1. The molecule has 218 valence electrons. The molecule has 2 fully saturated rings. The predicted octanol–water partition coefficient (Wildman–Crippen LogP) is 6.15. The minimum atomic E-state index is -1.13. The zero-order valence-electron chi connectivity index (χ0n) is 24.7. The fraction of sp³-hybridized carbons (Fsp3) is 0.324. The third-order valence-electron chi connectivity index (χ3n) is 9.60. The Bertz CT molecular complexity index is 1420. The van der Waals surface area contributed by atoms with Crippen LogP contribution < -0.4 is 4.74 Å². The van der Waals surface area contributed by atoms with Gasteiger partial charge in [-0.05, 0) is 48.4 Å². The molecule has 1 unspecified atom stereocenters. The molecule has 0 radical (unpaired) electrons. The minimum Gasteiger partial charge on any atom is -0.496 e. The molecule has 1 saturated heterocycles. The summed E-state index contributed by atoms with van der Waals surface area (Å²) in [6.45, 7) is 3.08. The zero-order valence-corrected chi connectivity index (χ0v) is 24.7. The summed E-state index contributed by atoms with van der Waals surface area (Å²) >= 11 is 0. The van der Waals surface area contributed by atoms with Gasteiger partial charge in [0.25, 0.3) is 0 Å². The molecule has 4 aromatic carbocycles. The number of nitrogens with zero attached hydrogens (tertiary/aromatic N) is 1. The third-order valence-corrected chi connectivity index (χ3v) is 9.60. The van der Waals surface area contributed by atoms with Gasteiger partial charge in [0.1, 0.15) is 5.75 Å². The van der Waals surface area contributed by atoms with Crippen LogP contribution in [0.2, 0.25) is 0 Å². The average Bonchev–Trinajstić information content (AvgIpc) is 3.54. The summed E-state index contributed by atoms with van der Waals surface area (Å²) in [5.74, 6) is 0.373. The number of likely N-dealkylation sites (tertiary alicyclic amines) is 1. The van der Waals surface area contributed by atoms with Crippen LogP contribution in [0.5, 0.6) is 5.75 Å². The fourth-order valence-corrected chi connectivity index (χ4v) is 7.57. The van der Waals surface area contributed by atoms with E-state index in [0.29, 0.717) is 25.3 Å². The number of hydrogen-bond acceptors (Lipinski definition) is 4. The minimum absolute atomic E-state index is 0.00730. The first kappa shape index (κ1) is 29.6. The molecule has 1 aliphatic carbocycles. The van der Waals surface area contributed by atoms with Crippen LogP contribution in [0.1, 0.15) is 47.9 Å². The van der Waals surface area contributed by atoms with Gasteiger partial charge in [0.2, 0.25) is 5.91 Å². The lowest BCUT2D eigenvalue weighted by Gasteiger charge is -2.53. The molecule has 42 heavy (non-hydrogen) atoms. The van der Waals surface area contributed by atoms with E-state index >= 15 is 0 Å². The summed E-state index contributed by atoms with van der Waals surface area (Å²) in [7, 11) is 2.66. The van der Waals surface area contributed by atoms with Gasteiger partial charge in [0.15, 0.2) is 0 Å². The number of carbonyl (C=O) groups is 1. The Morgan fingerprint density at radius 2 is 1.26 bits per heavy atom. The maximum absolute atomic E-state index is 14.1. The SMILES string of the molecule is CO.COc1ccccc1[C@]1(O)CCC(c2ccccc2)(c2ccccc2)[C@H]2CN(C(=O)C(C)c3ccccc3)C[C@H]21. The van der Waals surface area contributed by atoms with Crippen molar-refractivity contribution in [1.29, 1.82) is 0 Å². The fourth-order valence-electron chi connectivity index (χ4n) is 7.57. The van der Waals surface area contributed by atoms with E-state index in [2.05, 4.69) is 60.7 Å². The molecule has 2 N–H and O–H groups in total. The Kier molecular flexibility index (Phi) is 8.81. The Morgan fingerprint density at radius 3 is 1.83 bits per heavy atom. The quantitative estimate of drug-likeness (QED) is 0.295. The van der Waals surface area contributed by atoms with Gasteiger partial charge in [0, 0.05) is 37.1 Å². The predicted molar refractivity (Wildman–Crippen MR) is 166 cm³/mol. The number of fused-ring (bicyclic) bond motifs is 1. The van der Waals surface area contributed by atoms with Gasteiger partial charge in [-0.2, -0.15) is 0 Å². The van der Waals surface area contributed by atoms with Crippen molar-refractivity contribution in [2.24, 2.45) is 11.8 Å². The summed E-state index contributed by atoms with van der Waals surface area (Å²) in [4.78, 5) is 16.1. The number of ether oxygens (including phenoxy) is 1. The van der Waals surface area contributed by atoms with Gasteiger partial charge in [-0.25, -0.2) is 0 Å². The monoisotopic (exact) mass is 563 g/mol. The second-order valence-electron chi connectivity index (χ2n) is 11.4. The van der Waals surface area contributed by atoms with Gasteiger partial charge < -0.3 is 19.8 Å². The van der Waals surface area contributed by atoms with Crippen molar-refractivity contribution in [3.05, 3.63) is 138 Å². The van der Waals surface area contributed by atoms with Gasteiger partial charge in [0.05, 0.1) is 18.6 Å². The number of para-hydroxylation sites is 1. The highest BCUT2D eigenvalue weighted by Gasteiger charge is 2.61. The van der Waals surface area contributed by atoms with Gasteiger partial charge in [-0.3, -0.25) is 4.79 Å². The topological polar surface area (TPSA) is 70.0 Å². The van der Waals surface area contributed by atoms with Crippen LogP contribution in [0, 0.1) is 11.8 Å². The second kappa shape index (κ2) is 12.5. The zero-order chi connectivity index (χ0) is 29.7. The maximum atomic E-state index is 14.1. The third kappa shape index (κ3) is 5.01. The molecule has 0 aromatic heterocycles. The van der Waals surface area contributed by atoms with Crippen molar-refractivity contribution in [2.75, 3.05) is 27.3 Å². The summed E-state index contributed by atoms with van der Waals surface area (Å²) in [6.07, 6.45) is 1.32. The number of aliphatic hydroxyl groups excluding tert-OH is 1. The normalized spacial score (nSPS) is 23.2. The van der Waals surface area contributed by atoms with Crippen LogP contribution in [0.25, 0.3) is 0 Å². The molecule has 1 saturated carbocycles. The molecule has 1 heterocycles. The summed E-state index contributed by atoms with van der Waals surface area (Å²) in [5, 5.41) is 19.7. The van der Waals surface area contributed by atoms with Crippen LogP contribution in [-0.4, -0.2) is 48.3 Å². The average molecular weight is 564 g/mol. The van der Waals surface area contributed by atoms with Crippen LogP contribution in [0.3, 0.4) is 0 Å². The van der Waals surface area contributed by atoms with E-state index in [9.17, 15) is 9.90 Å². The van der Waals surface area contributed by atoms with Crippen LogP contribution in [-0.2, 0) is 15.8 Å². The van der Waals surface area contributed by atoms with Crippen LogP contribution in [0.4, 0.5) is 0 Å². The lowest BCUT2D eigenvalue weighted by molar-refractivity contribution is -0.132. The standard InChI is InChI=1S/C36H37NO3.CH4O/c1-26(27-14-6-3-7-15-27)34(38)37-24-31-32(25-37)36(39,30-20-12-13-21-33(30)40-2)23-22-35(31,28-16-8-4-9-17-28)29-18-10-5-11-19-29;1-2/h3-21,26,31-32,39H,22-25H2,1-2H3;2H,1H3/t26?,31-,32+,36+;/m0./s1. The molecule has 2 aliphatic rings. The highest BCUT2D eigenvalue weighted by molar-refractivity contribution is 5.83. The Hall–Kier alpha value is -3.93. The highest BCUT2D eigenvalue weighted by Crippen LogP contribution is 2.60. The Labute approximate surface area is 249 Å². The smallest absolute Gasteiger partial charge is 0.229 e. The summed E-state index contributed by atoms with van der Waals surface area (Å²) in [6, 6.07) is 39.2. The number of rotatable bonds is 6. The van der Waals surface area contributed by atoms with E-state index in [0.717, 1.165) is 24.7 Å². The molecule has 0 bridgehead atoms. The van der Waals surface area contributed by atoms with Crippen LogP contribution in [0.15, 0.2) is 115 Å². The van der Waals surface area contributed by atoms with Gasteiger partial charge >= 0.3 is 0 Å². The largest absolute Gasteiger partial charge is 0.496 e. The summed E-state index contributed by atoms with van der Waals surface area (Å²) < 4.78 is 5.76. The molecule has 5 heteroatoms. The van der Waals surface area contributed by atoms with Crippen molar-refractivity contribution in [2.45, 2.75) is 36.7 Å². The first-order valence-corrected chi connectivity index (χ1v) is 14.7. The number of amides is 1. The molecular weight excluding hydrogens is 522 g/mol. The van der Waals surface area contributed by atoms with Crippen molar-refractivity contribution in [3.8, 4) is 5.75 Å². The van der Waals surface area contributed by atoms with E-state index in [1.54, 1.807) is 7.11 Å². The molecular formula is C37H41NO4. The summed E-state index contributed by atoms with van der Waals surface area (Å²) in [5.41, 5.74) is 2.83. The van der Waals surface area contributed by atoms with Crippen molar-refractivity contribution < 1.29 is 19.7 Å². The molecule has 1 amide bonds. The number of aliphatic hydroxyl groups is 2. The Balaban J connectivity index is 0.00000173. The van der Waals surface area contributed by atoms with Gasteiger partial charge in [-0.15, -0.1) is 0 Å². The maximum Gasteiger partial charge on any atom is 0.229 e. The van der Waals surface area contributed by atoms with Crippen molar-refractivity contribution in [1.82, 2.24) is 4.90 Å². The lowest BCUT2D eigenvalue weighted by atomic mass is 9.52. The molecule has 5 nitrogen and oxygen atoms in total. The van der Waals surface area contributed by atoms with Crippen molar-refractivity contribution >= 4 is 5.91 Å². The first-order valence-electron chi connectivity index (χ1n) is 14.7. The van der Waals surface area contributed by atoms with Crippen molar-refractivity contribution in [3.63, 3.8) is 0 Å². The van der Waals surface area contributed by atoms with Gasteiger partial charge in [-0.1, -0.05) is 109 Å². The van der Waals surface area contributed by atoms with E-state index in [4.69, 9.17) is 9.84 Å². The Morgan fingerprint density at radius 1 is 0.762 bits per heavy atom. The van der Waals surface area contributed by atoms with E-state index in [-0.39, 0.29) is 29.1 Å². The number of benzene rings is 4. The molecule has 6 rings (SSSR count). The molecule has 4 atom stereocenters. The number of carbonyl (C=O) groups excluding carboxylic acids is 1. The van der Waals surface area contributed by atoms with E-state index in [1.165, 1.54) is 11.1 Å². The lowest BCUT2D eigenvalue weighted by Crippen LogP contribution is -2.53.